The maximum Gasteiger partial charge on any atom is 0.221 e. The smallest absolute Gasteiger partial charge is 0.221 e. The molecule has 5 nitrogen and oxygen atoms in total. The number of ketones is 1. The molecule has 0 bridgehead atoms. The van der Waals surface area contributed by atoms with E-state index in [1.165, 1.54) is 25.1 Å². The summed E-state index contributed by atoms with van der Waals surface area (Å²) in [5.41, 5.74) is 4.23. The van der Waals surface area contributed by atoms with Gasteiger partial charge in [-0.1, -0.05) is 12.1 Å². The zero-order valence-corrected chi connectivity index (χ0v) is 15.9. The van der Waals surface area contributed by atoms with Crippen molar-refractivity contribution in [1.82, 2.24) is 9.78 Å². The quantitative estimate of drug-likeness (QED) is 0.527. The summed E-state index contributed by atoms with van der Waals surface area (Å²) in [6.45, 7) is 5.16. The highest BCUT2D eigenvalue weighted by Crippen LogP contribution is 2.20. The third kappa shape index (κ3) is 4.23. The first-order valence-electron chi connectivity index (χ1n) is 8.77. The lowest BCUT2D eigenvalue weighted by molar-refractivity contribution is -0.114. The van der Waals surface area contributed by atoms with Crippen molar-refractivity contribution in [3.05, 3.63) is 82.9 Å². The Morgan fingerprint density at radius 3 is 2.50 bits per heavy atom. The number of carbonyl (C=O) groups is 2. The molecular weight excluding hydrogens is 357 g/mol. The monoisotopic (exact) mass is 377 g/mol. The van der Waals surface area contributed by atoms with Crippen molar-refractivity contribution < 1.29 is 14.0 Å². The van der Waals surface area contributed by atoms with Crippen molar-refractivity contribution in [1.29, 1.82) is 0 Å². The number of benzene rings is 2. The Kier molecular flexibility index (Phi) is 5.49. The molecule has 142 valence electrons. The molecule has 0 unspecified atom stereocenters. The number of hydrogen-bond acceptors (Lipinski definition) is 3. The van der Waals surface area contributed by atoms with Crippen molar-refractivity contribution in [3.8, 4) is 5.69 Å². The minimum absolute atomic E-state index is 0.180. The van der Waals surface area contributed by atoms with Gasteiger partial charge in [0.25, 0.3) is 0 Å². The van der Waals surface area contributed by atoms with Gasteiger partial charge in [-0.25, -0.2) is 9.07 Å². The first-order valence-corrected chi connectivity index (χ1v) is 8.77. The van der Waals surface area contributed by atoms with E-state index < -0.39 is 0 Å². The van der Waals surface area contributed by atoms with Crippen LogP contribution in [0.3, 0.4) is 0 Å². The molecule has 2 aromatic carbocycles. The molecule has 0 atom stereocenters. The SMILES string of the molecule is CC(=O)Nc1cccc(C(=O)/C=C/c2c(C)nn(-c3ccc(F)cc3)c2C)c1. The average Bonchev–Trinajstić information content (AvgIpc) is 2.94. The van der Waals surface area contributed by atoms with Gasteiger partial charge in [0.1, 0.15) is 5.82 Å². The van der Waals surface area contributed by atoms with Crippen LogP contribution in [-0.4, -0.2) is 21.5 Å². The van der Waals surface area contributed by atoms with Gasteiger partial charge in [-0.2, -0.15) is 5.10 Å². The van der Waals surface area contributed by atoms with Crippen LogP contribution in [0.4, 0.5) is 10.1 Å². The second kappa shape index (κ2) is 8.00. The van der Waals surface area contributed by atoms with Gasteiger partial charge in [0, 0.05) is 29.4 Å². The number of amides is 1. The Morgan fingerprint density at radius 2 is 1.82 bits per heavy atom. The summed E-state index contributed by atoms with van der Waals surface area (Å²) in [6.07, 6.45) is 3.21. The Balaban J connectivity index is 1.85. The first kappa shape index (κ1) is 19.2. The minimum Gasteiger partial charge on any atom is -0.326 e. The Hall–Kier alpha value is -3.54. The fourth-order valence-electron chi connectivity index (χ4n) is 2.94. The van der Waals surface area contributed by atoms with Crippen LogP contribution in [-0.2, 0) is 4.79 Å². The van der Waals surface area contributed by atoms with Crippen LogP contribution >= 0.6 is 0 Å². The molecule has 0 aliphatic carbocycles. The number of aryl methyl sites for hydroxylation is 1. The Labute approximate surface area is 162 Å². The topological polar surface area (TPSA) is 64.0 Å². The Morgan fingerprint density at radius 1 is 1.11 bits per heavy atom. The lowest BCUT2D eigenvalue weighted by Crippen LogP contribution is -2.06. The van der Waals surface area contributed by atoms with Gasteiger partial charge in [0.05, 0.1) is 11.4 Å². The highest BCUT2D eigenvalue weighted by molar-refractivity contribution is 6.07. The van der Waals surface area contributed by atoms with E-state index in [1.807, 2.05) is 13.8 Å². The summed E-state index contributed by atoms with van der Waals surface area (Å²) in [5.74, 6) is -0.683. The summed E-state index contributed by atoms with van der Waals surface area (Å²) in [7, 11) is 0. The first-order chi connectivity index (χ1) is 13.3. The van der Waals surface area contributed by atoms with Crippen molar-refractivity contribution >= 4 is 23.5 Å². The van der Waals surface area contributed by atoms with E-state index in [-0.39, 0.29) is 17.5 Å². The van der Waals surface area contributed by atoms with Gasteiger partial charge in [0.15, 0.2) is 5.78 Å². The Bertz CT molecular complexity index is 1070. The number of halogens is 1. The summed E-state index contributed by atoms with van der Waals surface area (Å²) in [6, 6.07) is 12.8. The van der Waals surface area contributed by atoms with Crippen LogP contribution in [0, 0.1) is 19.7 Å². The van der Waals surface area contributed by atoms with E-state index in [9.17, 15) is 14.0 Å². The lowest BCUT2D eigenvalue weighted by Gasteiger charge is -2.04. The minimum atomic E-state index is -0.308. The number of allylic oxidation sites excluding steroid dienone is 1. The normalized spacial score (nSPS) is 11.0. The molecule has 1 amide bonds. The maximum atomic E-state index is 13.2. The third-order valence-corrected chi connectivity index (χ3v) is 4.29. The summed E-state index contributed by atoms with van der Waals surface area (Å²) >= 11 is 0. The van der Waals surface area contributed by atoms with E-state index in [2.05, 4.69) is 10.4 Å². The molecule has 3 aromatic rings. The maximum absolute atomic E-state index is 13.2. The predicted octanol–water partition coefficient (Wildman–Crippen LogP) is 4.48. The fourth-order valence-corrected chi connectivity index (χ4v) is 2.94. The third-order valence-electron chi connectivity index (χ3n) is 4.29. The number of rotatable bonds is 5. The lowest BCUT2D eigenvalue weighted by atomic mass is 10.1. The molecule has 28 heavy (non-hydrogen) atoms. The van der Waals surface area contributed by atoms with Gasteiger partial charge >= 0.3 is 0 Å². The molecule has 0 saturated carbocycles. The van der Waals surface area contributed by atoms with Crippen molar-refractivity contribution in [3.63, 3.8) is 0 Å². The van der Waals surface area contributed by atoms with Gasteiger partial charge in [-0.05, 0) is 62.4 Å². The van der Waals surface area contributed by atoms with Crippen LogP contribution in [0.1, 0.15) is 34.2 Å². The second-order valence-electron chi connectivity index (χ2n) is 6.43. The van der Waals surface area contributed by atoms with Crippen molar-refractivity contribution in [2.45, 2.75) is 20.8 Å². The zero-order valence-electron chi connectivity index (χ0n) is 15.9. The van der Waals surface area contributed by atoms with E-state index >= 15 is 0 Å². The van der Waals surface area contributed by atoms with Crippen LogP contribution in [0.5, 0.6) is 0 Å². The van der Waals surface area contributed by atoms with Crippen LogP contribution in [0.2, 0.25) is 0 Å². The molecule has 3 rings (SSSR count). The van der Waals surface area contributed by atoms with Gasteiger partial charge in [-0.3, -0.25) is 9.59 Å². The summed E-state index contributed by atoms with van der Waals surface area (Å²) in [5, 5.41) is 7.15. The standard InChI is InChI=1S/C22H20FN3O2/c1-14-21(15(2)26(25-14)20-9-7-18(23)8-10-20)11-12-22(28)17-5-4-6-19(13-17)24-16(3)27/h4-13H,1-3H3,(H,24,27)/b12-11+. The summed E-state index contributed by atoms with van der Waals surface area (Å²) in [4.78, 5) is 23.7. The number of nitrogens with zero attached hydrogens (tertiary/aromatic N) is 2. The van der Waals surface area contributed by atoms with E-state index in [1.54, 1.807) is 47.2 Å². The molecule has 6 heteroatoms. The number of hydrogen-bond donors (Lipinski definition) is 1. The van der Waals surface area contributed by atoms with Crippen molar-refractivity contribution in [2.75, 3.05) is 5.32 Å². The fraction of sp³-hybridized carbons (Fsp3) is 0.136. The predicted molar refractivity (Wildman–Crippen MR) is 107 cm³/mol. The van der Waals surface area contributed by atoms with Gasteiger partial charge < -0.3 is 5.32 Å². The number of nitrogens with one attached hydrogen (secondary N) is 1. The number of carbonyl (C=O) groups excluding carboxylic acids is 2. The molecule has 0 saturated heterocycles. The van der Waals surface area contributed by atoms with Crippen LogP contribution in [0.25, 0.3) is 11.8 Å². The molecule has 1 N–H and O–H groups in total. The zero-order chi connectivity index (χ0) is 20.3. The van der Waals surface area contributed by atoms with Crippen molar-refractivity contribution in [2.24, 2.45) is 0 Å². The highest BCUT2D eigenvalue weighted by Gasteiger charge is 2.12. The number of aromatic nitrogens is 2. The molecule has 0 fully saturated rings. The second-order valence-corrected chi connectivity index (χ2v) is 6.43. The van der Waals surface area contributed by atoms with E-state index in [0.717, 1.165) is 22.6 Å². The van der Waals surface area contributed by atoms with Crippen LogP contribution in [0.15, 0.2) is 54.6 Å². The van der Waals surface area contributed by atoms with E-state index in [0.29, 0.717) is 11.3 Å². The molecule has 0 spiro atoms. The van der Waals surface area contributed by atoms with Crippen LogP contribution < -0.4 is 5.32 Å². The molecule has 1 heterocycles. The molecular formula is C22H20FN3O2. The molecule has 0 aliphatic heterocycles. The average molecular weight is 377 g/mol. The summed E-state index contributed by atoms with van der Waals surface area (Å²) < 4.78 is 14.9. The largest absolute Gasteiger partial charge is 0.326 e. The van der Waals surface area contributed by atoms with E-state index in [4.69, 9.17) is 0 Å². The molecule has 0 aliphatic rings. The molecule has 0 radical (unpaired) electrons. The highest BCUT2D eigenvalue weighted by atomic mass is 19.1. The number of anilines is 1. The molecule has 1 aromatic heterocycles. The van der Waals surface area contributed by atoms with Gasteiger partial charge in [-0.15, -0.1) is 0 Å². The van der Waals surface area contributed by atoms with Gasteiger partial charge in [0.2, 0.25) is 5.91 Å².